The molecule has 6 heteroatoms. The second kappa shape index (κ2) is 7.20. The molecular weight excluding hydrogens is 394 g/mol. The first-order valence-corrected chi connectivity index (χ1v) is 12.8. The lowest BCUT2D eigenvalue weighted by molar-refractivity contribution is 0.164. The maximum absolute atomic E-state index is 11.8. The molecule has 1 aromatic heterocycles. The summed E-state index contributed by atoms with van der Waals surface area (Å²) in [5.41, 5.74) is 6.07. The van der Waals surface area contributed by atoms with Gasteiger partial charge in [-0.15, -0.1) is 0 Å². The molecule has 158 valence electrons. The zero-order chi connectivity index (χ0) is 20.9. The van der Waals surface area contributed by atoms with Crippen LogP contribution in [0, 0.1) is 12.3 Å². The number of nitrogens with zero attached hydrogens (tertiary/aromatic N) is 2. The number of piperidine rings is 1. The van der Waals surface area contributed by atoms with Crippen LogP contribution in [0.5, 0.6) is 0 Å². The number of likely N-dealkylation sites (tertiary alicyclic amines) is 1. The van der Waals surface area contributed by atoms with Gasteiger partial charge in [-0.05, 0) is 72.4 Å². The Hall–Kier alpha value is -2.18. The lowest BCUT2D eigenvalue weighted by Crippen LogP contribution is -2.35. The van der Waals surface area contributed by atoms with Crippen LogP contribution < -0.4 is 0 Å². The van der Waals surface area contributed by atoms with Gasteiger partial charge in [0.25, 0.3) is 0 Å². The third kappa shape index (κ3) is 3.91. The Morgan fingerprint density at radius 3 is 2.87 bits per heavy atom. The summed E-state index contributed by atoms with van der Waals surface area (Å²) in [6.07, 6.45) is 8.15. The SMILES string of the molecule is Cc1ccc(CN2CC3(Cc4ccc5[nH]ncc5c4)CCC2C3)cc1CS(C)(=O)=O. The molecule has 1 saturated carbocycles. The van der Waals surface area contributed by atoms with E-state index in [9.17, 15) is 8.42 Å². The maximum atomic E-state index is 11.8. The van der Waals surface area contributed by atoms with Crippen LogP contribution in [0.3, 0.4) is 0 Å². The average Bonchev–Trinajstić information content (AvgIpc) is 3.37. The van der Waals surface area contributed by atoms with E-state index < -0.39 is 9.84 Å². The first-order valence-electron chi connectivity index (χ1n) is 10.7. The molecule has 30 heavy (non-hydrogen) atoms. The molecule has 0 radical (unpaired) electrons. The lowest BCUT2D eigenvalue weighted by atomic mass is 9.81. The highest BCUT2D eigenvalue weighted by molar-refractivity contribution is 7.89. The van der Waals surface area contributed by atoms with Crippen LogP contribution in [0.25, 0.3) is 10.9 Å². The zero-order valence-electron chi connectivity index (χ0n) is 17.7. The zero-order valence-corrected chi connectivity index (χ0v) is 18.5. The van der Waals surface area contributed by atoms with Crippen molar-refractivity contribution < 1.29 is 8.42 Å². The molecule has 2 atom stereocenters. The molecule has 2 bridgehead atoms. The molecule has 2 fully saturated rings. The van der Waals surface area contributed by atoms with Crippen LogP contribution >= 0.6 is 0 Å². The number of nitrogens with one attached hydrogen (secondary N) is 1. The van der Waals surface area contributed by atoms with E-state index in [1.807, 2.05) is 13.1 Å². The van der Waals surface area contributed by atoms with Crippen molar-refractivity contribution in [1.82, 2.24) is 15.1 Å². The van der Waals surface area contributed by atoms with Crippen molar-refractivity contribution in [2.45, 2.75) is 50.9 Å². The van der Waals surface area contributed by atoms with Crippen LogP contribution in [0.1, 0.15) is 41.5 Å². The molecule has 2 aliphatic rings. The lowest BCUT2D eigenvalue weighted by Gasteiger charge is -2.33. The normalized spacial score (nSPS) is 24.1. The van der Waals surface area contributed by atoms with Gasteiger partial charge in [0.1, 0.15) is 0 Å². The van der Waals surface area contributed by atoms with Gasteiger partial charge in [-0.2, -0.15) is 5.10 Å². The Labute approximate surface area is 178 Å². The molecule has 3 aromatic rings. The van der Waals surface area contributed by atoms with E-state index in [2.05, 4.69) is 51.5 Å². The quantitative estimate of drug-likeness (QED) is 0.650. The molecule has 2 unspecified atom stereocenters. The van der Waals surface area contributed by atoms with Crippen molar-refractivity contribution in [3.05, 3.63) is 64.8 Å². The summed E-state index contributed by atoms with van der Waals surface area (Å²) in [6, 6.07) is 13.6. The number of fused-ring (bicyclic) bond motifs is 3. The van der Waals surface area contributed by atoms with Crippen molar-refractivity contribution >= 4 is 20.7 Å². The van der Waals surface area contributed by atoms with Gasteiger partial charge in [-0.1, -0.05) is 24.3 Å². The minimum absolute atomic E-state index is 0.122. The smallest absolute Gasteiger partial charge is 0.151 e. The van der Waals surface area contributed by atoms with E-state index in [0.29, 0.717) is 11.5 Å². The number of hydrogen-bond donors (Lipinski definition) is 1. The Balaban J connectivity index is 1.31. The highest BCUT2D eigenvalue weighted by Gasteiger charge is 2.48. The fourth-order valence-corrected chi connectivity index (χ4v) is 6.50. The molecule has 2 aromatic carbocycles. The van der Waals surface area contributed by atoms with E-state index in [1.165, 1.54) is 42.0 Å². The standard InChI is InChI=1S/C24H29N3O2S/c1-17-3-4-19(10-21(17)15-30(2,28)29)14-27-16-24(8-7-22(27)12-24)11-18-5-6-23-20(9-18)13-25-26-23/h3-6,9-10,13,22H,7-8,11-12,14-16H2,1-2H3,(H,25,26). The van der Waals surface area contributed by atoms with E-state index >= 15 is 0 Å². The molecule has 5 nitrogen and oxygen atoms in total. The van der Waals surface area contributed by atoms with E-state index in [0.717, 1.165) is 36.2 Å². The van der Waals surface area contributed by atoms with E-state index in [4.69, 9.17) is 0 Å². The van der Waals surface area contributed by atoms with Crippen molar-refractivity contribution in [3.63, 3.8) is 0 Å². The van der Waals surface area contributed by atoms with Gasteiger partial charge < -0.3 is 0 Å². The highest BCUT2D eigenvalue weighted by Crippen LogP contribution is 2.50. The fraction of sp³-hybridized carbons (Fsp3) is 0.458. The minimum atomic E-state index is -3.03. The summed E-state index contributed by atoms with van der Waals surface area (Å²) in [7, 11) is -3.03. The van der Waals surface area contributed by atoms with E-state index in [1.54, 1.807) is 0 Å². The molecule has 5 rings (SSSR count). The Kier molecular flexibility index (Phi) is 4.75. The summed E-state index contributed by atoms with van der Waals surface area (Å²) in [5.74, 6) is 0.122. The number of H-pyrrole nitrogens is 1. The molecule has 0 amide bonds. The Morgan fingerprint density at radius 1 is 1.20 bits per heavy atom. The number of hydrogen-bond acceptors (Lipinski definition) is 4. The second-order valence-corrected chi connectivity index (χ2v) is 11.7. The van der Waals surface area contributed by atoms with Gasteiger partial charge in [0.2, 0.25) is 0 Å². The first-order chi connectivity index (χ1) is 14.3. The molecule has 1 aliphatic heterocycles. The maximum Gasteiger partial charge on any atom is 0.151 e. The average molecular weight is 424 g/mol. The van der Waals surface area contributed by atoms with Crippen molar-refractivity contribution in [2.24, 2.45) is 5.41 Å². The third-order valence-corrected chi connectivity index (χ3v) is 7.87. The molecular formula is C24H29N3O2S. The molecule has 0 spiro atoms. The van der Waals surface area contributed by atoms with Gasteiger partial charge >= 0.3 is 0 Å². The number of aromatic nitrogens is 2. The van der Waals surface area contributed by atoms with Crippen LogP contribution in [0.2, 0.25) is 0 Å². The largest absolute Gasteiger partial charge is 0.296 e. The molecule has 2 heterocycles. The third-order valence-electron chi connectivity index (χ3n) is 7.03. The second-order valence-electron chi connectivity index (χ2n) is 9.60. The topological polar surface area (TPSA) is 66.1 Å². The summed E-state index contributed by atoms with van der Waals surface area (Å²) in [4.78, 5) is 2.62. The number of rotatable bonds is 6. The summed E-state index contributed by atoms with van der Waals surface area (Å²) in [5, 5.41) is 8.36. The van der Waals surface area contributed by atoms with E-state index in [-0.39, 0.29) is 5.75 Å². The minimum Gasteiger partial charge on any atom is -0.296 e. The molecule has 1 N–H and O–H groups in total. The van der Waals surface area contributed by atoms with Crippen LogP contribution in [-0.2, 0) is 28.6 Å². The number of aryl methyl sites for hydroxylation is 1. The highest BCUT2D eigenvalue weighted by atomic mass is 32.2. The van der Waals surface area contributed by atoms with Crippen molar-refractivity contribution in [3.8, 4) is 0 Å². The summed E-state index contributed by atoms with van der Waals surface area (Å²) < 4.78 is 23.6. The Bertz CT molecular complexity index is 1200. The Morgan fingerprint density at radius 2 is 2.03 bits per heavy atom. The monoisotopic (exact) mass is 423 g/mol. The summed E-state index contributed by atoms with van der Waals surface area (Å²) >= 11 is 0. The van der Waals surface area contributed by atoms with Crippen LogP contribution in [-0.4, -0.2) is 42.4 Å². The molecule has 1 aliphatic carbocycles. The van der Waals surface area contributed by atoms with Gasteiger partial charge in [0.15, 0.2) is 9.84 Å². The fourth-order valence-electron chi connectivity index (χ4n) is 5.62. The van der Waals surface area contributed by atoms with Gasteiger partial charge in [-0.25, -0.2) is 8.42 Å². The number of sulfone groups is 1. The summed E-state index contributed by atoms with van der Waals surface area (Å²) in [6.45, 7) is 4.02. The predicted octanol–water partition coefficient (Wildman–Crippen LogP) is 4.01. The first kappa shape index (κ1) is 19.8. The van der Waals surface area contributed by atoms with Gasteiger partial charge in [-0.3, -0.25) is 10.00 Å². The predicted molar refractivity (Wildman–Crippen MR) is 120 cm³/mol. The van der Waals surface area contributed by atoms with Gasteiger partial charge in [0.05, 0.1) is 17.5 Å². The van der Waals surface area contributed by atoms with Crippen LogP contribution in [0.15, 0.2) is 42.6 Å². The van der Waals surface area contributed by atoms with Crippen LogP contribution in [0.4, 0.5) is 0 Å². The van der Waals surface area contributed by atoms with Crippen molar-refractivity contribution in [2.75, 3.05) is 12.8 Å². The number of aromatic amines is 1. The van der Waals surface area contributed by atoms with Gasteiger partial charge in [0, 0.05) is 30.8 Å². The molecule has 1 saturated heterocycles. The number of benzene rings is 2. The van der Waals surface area contributed by atoms with Crippen molar-refractivity contribution in [1.29, 1.82) is 0 Å².